The highest BCUT2D eigenvalue weighted by Crippen LogP contribution is 2.33. The van der Waals surface area contributed by atoms with Crippen molar-refractivity contribution in [2.45, 2.75) is 37.8 Å². The van der Waals surface area contributed by atoms with Crippen molar-refractivity contribution in [2.24, 2.45) is 5.92 Å². The van der Waals surface area contributed by atoms with E-state index in [1.807, 2.05) is 0 Å². The van der Waals surface area contributed by atoms with Crippen molar-refractivity contribution < 1.29 is 19.1 Å². The minimum Gasteiger partial charge on any atom is -0.480 e. The van der Waals surface area contributed by atoms with Gasteiger partial charge in [0.1, 0.15) is 0 Å². The van der Waals surface area contributed by atoms with Gasteiger partial charge in [0.15, 0.2) is 5.76 Å². The first-order valence-electron chi connectivity index (χ1n) is 7.42. The van der Waals surface area contributed by atoms with Gasteiger partial charge in [0.05, 0.1) is 12.8 Å². The molecule has 0 atom stereocenters. The molecule has 1 aromatic heterocycles. The standard InChI is InChI=1S/C15H20N2O4/c18-14(19)9-17(8-10-3-4-10)12-6-11(7-12)16-15(20)13-2-1-5-21-13/h1-2,5,10-12H,3-4,6-9H2,(H,16,20)(H,18,19). The third-order valence-corrected chi connectivity index (χ3v) is 4.24. The third-order valence-electron chi connectivity index (χ3n) is 4.24. The first kappa shape index (κ1) is 14.1. The zero-order valence-corrected chi connectivity index (χ0v) is 11.8. The van der Waals surface area contributed by atoms with E-state index in [1.165, 1.54) is 19.1 Å². The van der Waals surface area contributed by atoms with Crippen LogP contribution in [0.25, 0.3) is 0 Å². The number of nitrogens with zero attached hydrogens (tertiary/aromatic N) is 1. The van der Waals surface area contributed by atoms with Crippen LogP contribution in [0.5, 0.6) is 0 Å². The summed E-state index contributed by atoms with van der Waals surface area (Å²) >= 11 is 0. The molecule has 0 bridgehead atoms. The Hall–Kier alpha value is -1.82. The Morgan fingerprint density at radius 3 is 2.71 bits per heavy atom. The maximum absolute atomic E-state index is 11.8. The molecule has 6 heteroatoms. The molecule has 1 amide bonds. The molecular formula is C15H20N2O4. The number of amides is 1. The number of furan rings is 1. The van der Waals surface area contributed by atoms with E-state index in [1.54, 1.807) is 12.1 Å². The molecule has 0 saturated heterocycles. The van der Waals surface area contributed by atoms with Crippen LogP contribution in [0.4, 0.5) is 0 Å². The summed E-state index contributed by atoms with van der Waals surface area (Å²) in [6.07, 6.45) is 5.52. The number of aliphatic carboxylic acids is 1. The van der Waals surface area contributed by atoms with E-state index in [2.05, 4.69) is 10.2 Å². The molecule has 1 heterocycles. The zero-order chi connectivity index (χ0) is 14.8. The number of rotatable bonds is 7. The monoisotopic (exact) mass is 292 g/mol. The Morgan fingerprint density at radius 1 is 1.38 bits per heavy atom. The van der Waals surface area contributed by atoms with Gasteiger partial charge in [0, 0.05) is 18.6 Å². The summed E-state index contributed by atoms with van der Waals surface area (Å²) in [4.78, 5) is 24.8. The summed E-state index contributed by atoms with van der Waals surface area (Å²) in [6.45, 7) is 0.968. The van der Waals surface area contributed by atoms with E-state index in [9.17, 15) is 9.59 Å². The molecule has 0 aliphatic heterocycles. The van der Waals surface area contributed by atoms with Crippen LogP contribution in [0, 0.1) is 5.92 Å². The van der Waals surface area contributed by atoms with Gasteiger partial charge in [-0.3, -0.25) is 14.5 Å². The van der Waals surface area contributed by atoms with Crippen molar-refractivity contribution in [1.82, 2.24) is 10.2 Å². The van der Waals surface area contributed by atoms with Crippen molar-refractivity contribution in [1.29, 1.82) is 0 Å². The largest absolute Gasteiger partial charge is 0.480 e. The maximum Gasteiger partial charge on any atom is 0.317 e. The minimum absolute atomic E-state index is 0.0972. The molecule has 2 aliphatic carbocycles. The minimum atomic E-state index is -0.779. The molecule has 6 nitrogen and oxygen atoms in total. The van der Waals surface area contributed by atoms with Crippen LogP contribution >= 0.6 is 0 Å². The lowest BCUT2D eigenvalue weighted by Crippen LogP contribution is -2.55. The normalized spacial score (nSPS) is 24.6. The second kappa shape index (κ2) is 5.89. The SMILES string of the molecule is O=C(O)CN(CC1CC1)C1CC(NC(=O)c2ccco2)C1. The van der Waals surface area contributed by atoms with Crippen molar-refractivity contribution in [2.75, 3.05) is 13.1 Å². The second-order valence-electron chi connectivity index (χ2n) is 6.04. The van der Waals surface area contributed by atoms with Gasteiger partial charge in [-0.05, 0) is 43.7 Å². The van der Waals surface area contributed by atoms with Crippen LogP contribution in [-0.4, -0.2) is 47.1 Å². The van der Waals surface area contributed by atoms with Crippen molar-refractivity contribution in [3.05, 3.63) is 24.2 Å². The predicted octanol–water partition coefficient (Wildman–Crippen LogP) is 1.34. The lowest BCUT2D eigenvalue weighted by Gasteiger charge is -2.42. The first-order valence-corrected chi connectivity index (χ1v) is 7.42. The molecule has 0 unspecified atom stereocenters. The zero-order valence-electron chi connectivity index (χ0n) is 11.8. The smallest absolute Gasteiger partial charge is 0.317 e. The van der Waals surface area contributed by atoms with E-state index >= 15 is 0 Å². The first-order chi connectivity index (χ1) is 10.1. The molecule has 2 N–H and O–H groups in total. The highest BCUT2D eigenvalue weighted by molar-refractivity contribution is 5.91. The summed E-state index contributed by atoms with van der Waals surface area (Å²) in [6, 6.07) is 3.70. The van der Waals surface area contributed by atoms with Gasteiger partial charge < -0.3 is 14.8 Å². The Labute approximate surface area is 123 Å². The van der Waals surface area contributed by atoms with Crippen LogP contribution < -0.4 is 5.32 Å². The fraction of sp³-hybridized carbons (Fsp3) is 0.600. The van der Waals surface area contributed by atoms with E-state index in [-0.39, 0.29) is 24.5 Å². The molecule has 2 aliphatic rings. The van der Waals surface area contributed by atoms with Gasteiger partial charge in [-0.25, -0.2) is 0 Å². The predicted molar refractivity (Wildman–Crippen MR) is 74.9 cm³/mol. The molecule has 0 radical (unpaired) electrons. The molecule has 1 aromatic rings. The Morgan fingerprint density at radius 2 is 2.14 bits per heavy atom. The molecular weight excluding hydrogens is 272 g/mol. The molecule has 2 fully saturated rings. The Bertz CT molecular complexity index is 504. The quantitative estimate of drug-likeness (QED) is 0.792. The Balaban J connectivity index is 1.46. The molecule has 114 valence electrons. The highest BCUT2D eigenvalue weighted by Gasteiger charge is 2.37. The van der Waals surface area contributed by atoms with Gasteiger partial charge in [0.2, 0.25) is 0 Å². The van der Waals surface area contributed by atoms with Crippen molar-refractivity contribution >= 4 is 11.9 Å². The van der Waals surface area contributed by atoms with Crippen LogP contribution in [0.3, 0.4) is 0 Å². The van der Waals surface area contributed by atoms with Crippen LogP contribution in [0.2, 0.25) is 0 Å². The number of hydrogen-bond donors (Lipinski definition) is 2. The van der Waals surface area contributed by atoms with Gasteiger partial charge in [-0.15, -0.1) is 0 Å². The number of carboxylic acids is 1. The van der Waals surface area contributed by atoms with E-state index in [4.69, 9.17) is 9.52 Å². The summed E-state index contributed by atoms with van der Waals surface area (Å²) in [5.74, 6) is 0.00841. The molecule has 0 spiro atoms. The number of carbonyl (C=O) groups is 2. The molecule has 21 heavy (non-hydrogen) atoms. The lowest BCUT2D eigenvalue weighted by molar-refractivity contribution is -0.139. The summed E-state index contributed by atoms with van der Waals surface area (Å²) < 4.78 is 5.05. The van der Waals surface area contributed by atoms with Gasteiger partial charge in [0.25, 0.3) is 5.91 Å². The highest BCUT2D eigenvalue weighted by atomic mass is 16.4. The van der Waals surface area contributed by atoms with E-state index in [0.717, 1.165) is 19.4 Å². The average Bonchev–Trinajstić information content (AvgIpc) is 3.03. The number of nitrogens with one attached hydrogen (secondary N) is 1. The third kappa shape index (κ3) is 3.64. The number of carboxylic acid groups (broad SMARTS) is 1. The molecule has 0 aromatic carbocycles. The number of hydrogen-bond acceptors (Lipinski definition) is 4. The Kier molecular flexibility index (Phi) is 3.96. The molecule has 2 saturated carbocycles. The van der Waals surface area contributed by atoms with Crippen LogP contribution in [0.1, 0.15) is 36.2 Å². The summed E-state index contributed by atoms with van der Waals surface area (Å²) in [5.41, 5.74) is 0. The van der Waals surface area contributed by atoms with E-state index < -0.39 is 5.97 Å². The van der Waals surface area contributed by atoms with Gasteiger partial charge >= 0.3 is 5.97 Å². The van der Waals surface area contributed by atoms with Crippen LogP contribution in [-0.2, 0) is 4.79 Å². The maximum atomic E-state index is 11.8. The van der Waals surface area contributed by atoms with Crippen molar-refractivity contribution in [3.8, 4) is 0 Å². The lowest BCUT2D eigenvalue weighted by atomic mass is 9.85. The van der Waals surface area contributed by atoms with Crippen molar-refractivity contribution in [3.63, 3.8) is 0 Å². The topological polar surface area (TPSA) is 82.8 Å². The fourth-order valence-electron chi connectivity index (χ4n) is 2.82. The average molecular weight is 292 g/mol. The van der Waals surface area contributed by atoms with Gasteiger partial charge in [-0.1, -0.05) is 0 Å². The van der Waals surface area contributed by atoms with Gasteiger partial charge in [-0.2, -0.15) is 0 Å². The molecule has 3 rings (SSSR count). The number of carbonyl (C=O) groups excluding carboxylic acids is 1. The second-order valence-corrected chi connectivity index (χ2v) is 6.04. The fourth-order valence-corrected chi connectivity index (χ4v) is 2.82. The summed E-state index contributed by atoms with van der Waals surface area (Å²) in [5, 5.41) is 11.9. The van der Waals surface area contributed by atoms with E-state index in [0.29, 0.717) is 11.7 Å². The summed E-state index contributed by atoms with van der Waals surface area (Å²) in [7, 11) is 0. The van der Waals surface area contributed by atoms with Crippen LogP contribution in [0.15, 0.2) is 22.8 Å².